The van der Waals surface area contributed by atoms with Crippen LogP contribution in [-0.2, 0) is 4.79 Å². The second-order valence-corrected chi connectivity index (χ2v) is 4.20. The fourth-order valence-electron chi connectivity index (χ4n) is 1.73. The molecule has 2 atom stereocenters. The summed E-state index contributed by atoms with van der Waals surface area (Å²) in [6.07, 6.45) is 0.760. The molecule has 3 heteroatoms. The van der Waals surface area contributed by atoms with Crippen molar-refractivity contribution >= 4 is 17.6 Å². The molecule has 74 valence electrons. The molecule has 0 aliphatic heterocycles. The first kappa shape index (κ1) is 9.53. The fourth-order valence-corrected chi connectivity index (χ4v) is 1.85. The molecule has 2 nitrogen and oxygen atoms in total. The highest BCUT2D eigenvalue weighted by Gasteiger charge is 2.44. The lowest BCUT2D eigenvalue weighted by Crippen LogP contribution is -1.98. The van der Waals surface area contributed by atoms with Gasteiger partial charge in [0.05, 0.1) is 5.92 Å². The molecule has 0 bridgehead atoms. The van der Waals surface area contributed by atoms with Gasteiger partial charge in [0.15, 0.2) is 0 Å². The van der Waals surface area contributed by atoms with Crippen molar-refractivity contribution in [1.29, 1.82) is 0 Å². The molecular formula is C11H11ClO2. The number of hydrogen-bond donors (Lipinski definition) is 1. The molecule has 1 N–H and O–H groups in total. The second-order valence-electron chi connectivity index (χ2n) is 3.80. The van der Waals surface area contributed by atoms with Crippen molar-refractivity contribution in [1.82, 2.24) is 0 Å². The van der Waals surface area contributed by atoms with Gasteiger partial charge in [-0.15, -0.1) is 0 Å². The van der Waals surface area contributed by atoms with Crippen molar-refractivity contribution in [3.63, 3.8) is 0 Å². The lowest BCUT2D eigenvalue weighted by atomic mass is 10.1. The van der Waals surface area contributed by atoms with Gasteiger partial charge in [0.25, 0.3) is 0 Å². The molecule has 0 radical (unpaired) electrons. The molecule has 2 rings (SSSR count). The molecule has 1 saturated carbocycles. The van der Waals surface area contributed by atoms with Crippen molar-refractivity contribution in [3.8, 4) is 0 Å². The van der Waals surface area contributed by atoms with Crippen LogP contribution in [0, 0.1) is 12.8 Å². The Morgan fingerprint density at radius 3 is 2.79 bits per heavy atom. The molecule has 1 fully saturated rings. The Labute approximate surface area is 87.5 Å². The molecule has 1 aromatic rings. The topological polar surface area (TPSA) is 37.3 Å². The molecule has 1 aliphatic rings. The van der Waals surface area contributed by atoms with Crippen molar-refractivity contribution in [2.24, 2.45) is 5.92 Å². The highest BCUT2D eigenvalue weighted by Crippen LogP contribution is 2.47. The summed E-state index contributed by atoms with van der Waals surface area (Å²) in [6.45, 7) is 1.93. The zero-order chi connectivity index (χ0) is 10.3. The summed E-state index contributed by atoms with van der Waals surface area (Å²) in [5.74, 6) is -0.679. The van der Waals surface area contributed by atoms with Crippen LogP contribution in [0.3, 0.4) is 0 Å². The van der Waals surface area contributed by atoms with Crippen LogP contribution in [0.2, 0.25) is 5.02 Å². The quantitative estimate of drug-likeness (QED) is 0.815. The van der Waals surface area contributed by atoms with Gasteiger partial charge in [0, 0.05) is 5.02 Å². The molecule has 0 amide bonds. The van der Waals surface area contributed by atoms with Gasteiger partial charge < -0.3 is 5.11 Å². The molecule has 14 heavy (non-hydrogen) atoms. The Morgan fingerprint density at radius 1 is 1.57 bits per heavy atom. The highest BCUT2D eigenvalue weighted by molar-refractivity contribution is 6.31. The van der Waals surface area contributed by atoms with Gasteiger partial charge in [-0.25, -0.2) is 0 Å². The van der Waals surface area contributed by atoms with E-state index in [1.165, 1.54) is 0 Å². The van der Waals surface area contributed by atoms with E-state index in [-0.39, 0.29) is 11.8 Å². The number of hydrogen-bond acceptors (Lipinski definition) is 1. The summed E-state index contributed by atoms with van der Waals surface area (Å²) in [4.78, 5) is 10.7. The largest absolute Gasteiger partial charge is 0.481 e. The number of aliphatic carboxylic acids is 1. The molecule has 0 spiro atoms. The van der Waals surface area contributed by atoms with Crippen molar-refractivity contribution in [2.75, 3.05) is 0 Å². The fraction of sp³-hybridized carbons (Fsp3) is 0.364. The van der Waals surface area contributed by atoms with E-state index in [0.717, 1.165) is 22.6 Å². The molecule has 1 aromatic carbocycles. The predicted molar refractivity (Wildman–Crippen MR) is 54.7 cm³/mol. The normalized spacial score (nSPS) is 24.7. The van der Waals surface area contributed by atoms with Gasteiger partial charge in [-0.05, 0) is 36.5 Å². The van der Waals surface area contributed by atoms with Crippen molar-refractivity contribution < 1.29 is 9.90 Å². The predicted octanol–water partition coefficient (Wildman–Crippen LogP) is 2.84. The Hall–Kier alpha value is -1.02. The zero-order valence-electron chi connectivity index (χ0n) is 7.83. The van der Waals surface area contributed by atoms with Gasteiger partial charge in [-0.2, -0.15) is 0 Å². The van der Waals surface area contributed by atoms with Crippen LogP contribution in [0.5, 0.6) is 0 Å². The third-order valence-electron chi connectivity index (χ3n) is 2.72. The van der Waals surface area contributed by atoms with E-state index in [0.29, 0.717) is 0 Å². The smallest absolute Gasteiger partial charge is 0.307 e. The third-order valence-corrected chi connectivity index (χ3v) is 3.14. The number of carboxylic acid groups (broad SMARTS) is 1. The van der Waals surface area contributed by atoms with E-state index in [4.69, 9.17) is 16.7 Å². The minimum absolute atomic E-state index is 0.185. The summed E-state index contributed by atoms with van der Waals surface area (Å²) in [5.41, 5.74) is 2.11. The molecule has 0 heterocycles. The maximum atomic E-state index is 10.7. The molecule has 0 unspecified atom stereocenters. The molecular weight excluding hydrogens is 200 g/mol. The van der Waals surface area contributed by atoms with E-state index in [9.17, 15) is 4.79 Å². The molecule has 0 saturated heterocycles. The van der Waals surface area contributed by atoms with E-state index in [1.54, 1.807) is 0 Å². The van der Waals surface area contributed by atoms with Gasteiger partial charge in [-0.3, -0.25) is 4.79 Å². The zero-order valence-corrected chi connectivity index (χ0v) is 8.58. The number of rotatable bonds is 2. The first-order valence-corrected chi connectivity index (χ1v) is 4.96. The van der Waals surface area contributed by atoms with Crippen LogP contribution in [0.15, 0.2) is 18.2 Å². The monoisotopic (exact) mass is 210 g/mol. The maximum absolute atomic E-state index is 10.7. The van der Waals surface area contributed by atoms with E-state index < -0.39 is 5.97 Å². The first-order chi connectivity index (χ1) is 6.59. The van der Waals surface area contributed by atoms with E-state index in [1.807, 2.05) is 25.1 Å². The maximum Gasteiger partial charge on any atom is 0.307 e. The summed E-state index contributed by atoms with van der Waals surface area (Å²) in [6, 6.07) is 5.74. The van der Waals surface area contributed by atoms with Gasteiger partial charge in [0.1, 0.15) is 0 Å². The Bertz CT molecular complexity index is 387. The third kappa shape index (κ3) is 1.62. The van der Waals surface area contributed by atoms with Gasteiger partial charge in [-0.1, -0.05) is 23.7 Å². The van der Waals surface area contributed by atoms with Crippen LogP contribution >= 0.6 is 11.6 Å². The van der Waals surface area contributed by atoms with Gasteiger partial charge >= 0.3 is 5.97 Å². The number of benzene rings is 1. The number of carboxylic acids is 1. The number of aryl methyl sites for hydroxylation is 1. The van der Waals surface area contributed by atoms with Crippen LogP contribution in [0.1, 0.15) is 23.5 Å². The lowest BCUT2D eigenvalue weighted by Gasteiger charge is -2.02. The standard InChI is InChI=1S/C11H11ClO2/c1-6-4-7(2-3-10(6)12)8-5-9(8)11(13)14/h2-4,8-9H,5H2,1H3,(H,13,14)/t8-,9+/m1/s1. The van der Waals surface area contributed by atoms with Crippen LogP contribution in [0.4, 0.5) is 0 Å². The van der Waals surface area contributed by atoms with Gasteiger partial charge in [0.2, 0.25) is 0 Å². The summed E-state index contributed by atoms with van der Waals surface area (Å²) in [7, 11) is 0. The SMILES string of the molecule is Cc1cc([C@H]2C[C@@H]2C(=O)O)ccc1Cl. The Balaban J connectivity index is 2.20. The van der Waals surface area contributed by atoms with Crippen LogP contribution < -0.4 is 0 Å². The minimum Gasteiger partial charge on any atom is -0.481 e. The first-order valence-electron chi connectivity index (χ1n) is 4.58. The summed E-state index contributed by atoms with van der Waals surface area (Å²) in [5, 5.41) is 9.52. The van der Waals surface area contributed by atoms with Crippen LogP contribution in [-0.4, -0.2) is 11.1 Å². The van der Waals surface area contributed by atoms with Crippen molar-refractivity contribution in [3.05, 3.63) is 34.3 Å². The average molecular weight is 211 g/mol. The molecule has 1 aliphatic carbocycles. The van der Waals surface area contributed by atoms with E-state index >= 15 is 0 Å². The highest BCUT2D eigenvalue weighted by atomic mass is 35.5. The van der Waals surface area contributed by atoms with Crippen molar-refractivity contribution in [2.45, 2.75) is 19.3 Å². The second kappa shape index (κ2) is 3.28. The van der Waals surface area contributed by atoms with E-state index in [2.05, 4.69) is 0 Å². The molecule has 0 aromatic heterocycles. The summed E-state index contributed by atoms with van der Waals surface area (Å²) >= 11 is 5.89. The average Bonchev–Trinajstić information content (AvgIpc) is 2.89. The van der Waals surface area contributed by atoms with Crippen LogP contribution in [0.25, 0.3) is 0 Å². The Morgan fingerprint density at radius 2 is 2.29 bits per heavy atom. The lowest BCUT2D eigenvalue weighted by molar-refractivity contribution is -0.138. The number of halogens is 1. The summed E-state index contributed by atoms with van der Waals surface area (Å²) < 4.78 is 0. The Kier molecular flexibility index (Phi) is 2.23. The number of carbonyl (C=O) groups is 1. The minimum atomic E-state index is -0.692.